The zero-order valence-electron chi connectivity index (χ0n) is 11.9. The van der Waals surface area contributed by atoms with Gasteiger partial charge in [-0.2, -0.15) is 4.31 Å². The van der Waals surface area contributed by atoms with Crippen LogP contribution in [0.3, 0.4) is 0 Å². The zero-order valence-corrected chi connectivity index (χ0v) is 12.7. The van der Waals surface area contributed by atoms with Crippen molar-refractivity contribution in [2.24, 2.45) is 0 Å². The van der Waals surface area contributed by atoms with Gasteiger partial charge in [-0.25, -0.2) is 21.6 Å². The molecule has 1 aromatic carbocycles. The monoisotopic (exact) mass is 340 g/mol. The lowest BCUT2D eigenvalue weighted by Crippen LogP contribution is -2.39. The number of hydrogen-bond donors (Lipinski definition) is 1. The van der Waals surface area contributed by atoms with E-state index in [0.717, 1.165) is 16.6 Å². The first-order chi connectivity index (χ1) is 10.2. The van der Waals surface area contributed by atoms with Gasteiger partial charge in [0.15, 0.2) is 17.5 Å². The summed E-state index contributed by atoms with van der Waals surface area (Å²) in [5.41, 5.74) is -0.580. The van der Waals surface area contributed by atoms with E-state index in [0.29, 0.717) is 6.07 Å². The van der Waals surface area contributed by atoms with Crippen molar-refractivity contribution in [1.82, 2.24) is 4.31 Å². The number of methoxy groups -OCH3 is 1. The maximum Gasteiger partial charge on any atom is 0.239 e. The van der Waals surface area contributed by atoms with Crippen LogP contribution < -0.4 is 5.32 Å². The van der Waals surface area contributed by atoms with Crippen LogP contribution in [0.1, 0.15) is 0 Å². The molecule has 0 atom stereocenters. The fourth-order valence-electron chi connectivity index (χ4n) is 1.53. The van der Waals surface area contributed by atoms with Crippen molar-refractivity contribution in [1.29, 1.82) is 0 Å². The Morgan fingerprint density at radius 2 is 1.91 bits per heavy atom. The van der Waals surface area contributed by atoms with E-state index in [1.54, 1.807) is 0 Å². The summed E-state index contributed by atoms with van der Waals surface area (Å²) in [5, 5.41) is 1.99. The third kappa shape index (κ3) is 4.97. The summed E-state index contributed by atoms with van der Waals surface area (Å²) in [7, 11) is -2.33. The Balaban J connectivity index is 2.82. The van der Waals surface area contributed by atoms with E-state index in [1.165, 1.54) is 7.11 Å². The van der Waals surface area contributed by atoms with E-state index in [9.17, 15) is 26.4 Å². The Morgan fingerprint density at radius 3 is 2.45 bits per heavy atom. The molecule has 0 saturated carbocycles. The van der Waals surface area contributed by atoms with Gasteiger partial charge in [0.2, 0.25) is 15.9 Å². The van der Waals surface area contributed by atoms with Crippen molar-refractivity contribution in [2.45, 2.75) is 0 Å². The number of carbonyl (C=O) groups is 1. The minimum Gasteiger partial charge on any atom is -0.383 e. The van der Waals surface area contributed by atoms with Crippen molar-refractivity contribution in [2.75, 3.05) is 38.4 Å². The lowest BCUT2D eigenvalue weighted by molar-refractivity contribution is -0.116. The van der Waals surface area contributed by atoms with Crippen molar-refractivity contribution in [3.8, 4) is 0 Å². The largest absolute Gasteiger partial charge is 0.383 e. The molecule has 124 valence electrons. The van der Waals surface area contributed by atoms with Gasteiger partial charge in [0, 0.05) is 13.7 Å². The second-order valence-electron chi connectivity index (χ2n) is 4.36. The predicted octanol–water partition coefficient (Wildman–Crippen LogP) is 0.950. The van der Waals surface area contributed by atoms with Crippen molar-refractivity contribution < 1.29 is 31.1 Å². The molecule has 1 N–H and O–H groups in total. The number of benzene rings is 1. The number of nitrogens with zero attached hydrogens (tertiary/aromatic N) is 1. The molecule has 10 heteroatoms. The van der Waals surface area contributed by atoms with Gasteiger partial charge in [-0.1, -0.05) is 0 Å². The predicted molar refractivity (Wildman–Crippen MR) is 73.2 cm³/mol. The van der Waals surface area contributed by atoms with Crippen molar-refractivity contribution in [3.05, 3.63) is 29.6 Å². The van der Waals surface area contributed by atoms with E-state index in [4.69, 9.17) is 4.74 Å². The molecule has 0 spiro atoms. The van der Waals surface area contributed by atoms with Crippen LogP contribution in [0.2, 0.25) is 0 Å². The number of halogens is 3. The van der Waals surface area contributed by atoms with E-state index in [1.807, 2.05) is 5.32 Å². The Labute approximate surface area is 125 Å². The minimum absolute atomic E-state index is 0.0554. The van der Waals surface area contributed by atoms with Crippen LogP contribution in [0.5, 0.6) is 0 Å². The highest BCUT2D eigenvalue weighted by molar-refractivity contribution is 7.88. The number of nitrogens with one attached hydrogen (secondary N) is 1. The van der Waals surface area contributed by atoms with E-state index in [-0.39, 0.29) is 13.2 Å². The molecule has 1 rings (SSSR count). The maximum absolute atomic E-state index is 13.4. The highest BCUT2D eigenvalue weighted by atomic mass is 32.2. The molecule has 0 heterocycles. The Kier molecular flexibility index (Phi) is 6.33. The number of amides is 1. The number of carbonyl (C=O) groups excluding carboxylic acids is 1. The molecule has 0 bridgehead atoms. The molecule has 0 aliphatic carbocycles. The summed E-state index contributed by atoms with van der Waals surface area (Å²) < 4.78 is 67.8. The summed E-state index contributed by atoms with van der Waals surface area (Å²) >= 11 is 0. The molecular weight excluding hydrogens is 325 g/mol. The van der Waals surface area contributed by atoms with Gasteiger partial charge in [0.05, 0.1) is 25.1 Å². The fourth-order valence-corrected chi connectivity index (χ4v) is 2.29. The van der Waals surface area contributed by atoms with Crippen LogP contribution in [0.25, 0.3) is 0 Å². The fraction of sp³-hybridized carbons (Fsp3) is 0.417. The van der Waals surface area contributed by atoms with E-state index >= 15 is 0 Å². The summed E-state index contributed by atoms with van der Waals surface area (Å²) in [6, 6.07) is 1.48. The molecule has 0 aromatic heterocycles. The summed E-state index contributed by atoms with van der Waals surface area (Å²) in [6.45, 7) is -0.635. The number of ether oxygens (including phenoxy) is 1. The second kappa shape index (κ2) is 7.56. The van der Waals surface area contributed by atoms with Crippen LogP contribution in [-0.4, -0.2) is 51.7 Å². The Hall–Kier alpha value is -1.65. The molecule has 0 radical (unpaired) electrons. The van der Waals surface area contributed by atoms with Gasteiger partial charge in [-0.3, -0.25) is 4.79 Å². The molecule has 0 aliphatic rings. The lowest BCUT2D eigenvalue weighted by atomic mass is 10.2. The zero-order chi connectivity index (χ0) is 16.9. The van der Waals surface area contributed by atoms with Crippen LogP contribution >= 0.6 is 0 Å². The molecule has 22 heavy (non-hydrogen) atoms. The second-order valence-corrected chi connectivity index (χ2v) is 6.34. The van der Waals surface area contributed by atoms with Gasteiger partial charge in [0.1, 0.15) is 0 Å². The van der Waals surface area contributed by atoms with Crippen molar-refractivity contribution >= 4 is 21.6 Å². The summed E-state index contributed by atoms with van der Waals surface area (Å²) in [4.78, 5) is 11.7. The first kappa shape index (κ1) is 18.4. The molecule has 1 aromatic rings. The van der Waals surface area contributed by atoms with Gasteiger partial charge < -0.3 is 10.1 Å². The normalized spacial score (nSPS) is 11.7. The highest BCUT2D eigenvalue weighted by Crippen LogP contribution is 2.19. The summed E-state index contributed by atoms with van der Waals surface area (Å²) in [6.07, 6.45) is 0.897. The number of hydrogen-bond acceptors (Lipinski definition) is 4. The third-order valence-corrected chi connectivity index (χ3v) is 3.89. The third-order valence-electron chi connectivity index (χ3n) is 2.64. The van der Waals surface area contributed by atoms with Crippen molar-refractivity contribution in [3.63, 3.8) is 0 Å². The van der Waals surface area contributed by atoms with Crippen LogP contribution in [-0.2, 0) is 19.6 Å². The first-order valence-electron chi connectivity index (χ1n) is 6.04. The maximum atomic E-state index is 13.4. The SMILES string of the molecule is COCCN(CC(=O)Nc1ccc(F)c(F)c1F)S(C)(=O)=O. The van der Waals surface area contributed by atoms with Gasteiger partial charge in [-0.05, 0) is 12.1 Å². The van der Waals surface area contributed by atoms with Crippen LogP contribution in [0.15, 0.2) is 12.1 Å². The van der Waals surface area contributed by atoms with E-state index in [2.05, 4.69) is 0 Å². The lowest BCUT2D eigenvalue weighted by Gasteiger charge is -2.19. The number of sulfonamides is 1. The smallest absolute Gasteiger partial charge is 0.239 e. The highest BCUT2D eigenvalue weighted by Gasteiger charge is 2.21. The number of anilines is 1. The Morgan fingerprint density at radius 1 is 1.27 bits per heavy atom. The molecular formula is C12H15F3N2O4S. The average molecular weight is 340 g/mol. The van der Waals surface area contributed by atoms with Crippen LogP contribution in [0, 0.1) is 17.5 Å². The molecule has 0 fully saturated rings. The summed E-state index contributed by atoms with van der Waals surface area (Å²) in [5.74, 6) is -5.58. The van der Waals surface area contributed by atoms with E-state index < -0.39 is 45.6 Å². The standard InChI is InChI=1S/C12H15F3N2O4S/c1-21-6-5-17(22(2,19)20)7-10(18)16-9-4-3-8(13)11(14)12(9)15/h3-4H,5-7H2,1-2H3,(H,16,18). The Bertz CT molecular complexity index is 652. The van der Waals surface area contributed by atoms with Gasteiger partial charge in [-0.15, -0.1) is 0 Å². The topological polar surface area (TPSA) is 75.7 Å². The average Bonchev–Trinajstić information content (AvgIpc) is 2.43. The number of rotatable bonds is 7. The van der Waals surface area contributed by atoms with Gasteiger partial charge in [0.25, 0.3) is 0 Å². The molecule has 6 nitrogen and oxygen atoms in total. The van der Waals surface area contributed by atoms with Gasteiger partial charge >= 0.3 is 0 Å². The quantitative estimate of drug-likeness (QED) is 0.750. The molecule has 0 saturated heterocycles. The molecule has 0 unspecified atom stereocenters. The molecule has 0 aliphatic heterocycles. The molecule has 1 amide bonds. The van der Waals surface area contributed by atoms with Crippen LogP contribution in [0.4, 0.5) is 18.9 Å². The first-order valence-corrected chi connectivity index (χ1v) is 7.89. The minimum atomic E-state index is -3.68.